The van der Waals surface area contributed by atoms with Crippen LogP contribution in [0, 0.1) is 0 Å². The highest BCUT2D eigenvalue weighted by Crippen LogP contribution is 2.24. The molecule has 0 N–H and O–H groups in total. The molecule has 0 spiro atoms. The quantitative estimate of drug-likeness (QED) is 0.575. The third-order valence-corrected chi connectivity index (χ3v) is 5.02. The van der Waals surface area contributed by atoms with Crippen molar-refractivity contribution >= 4 is 11.5 Å². The molecule has 0 aromatic heterocycles. The fourth-order valence-electron chi connectivity index (χ4n) is 3.58. The number of para-hydroxylation sites is 1. The van der Waals surface area contributed by atoms with Gasteiger partial charge in [-0.25, -0.2) is 0 Å². The number of nitrogens with zero attached hydrogens (tertiary/aromatic N) is 2. The summed E-state index contributed by atoms with van der Waals surface area (Å²) < 4.78 is 5.29. The van der Waals surface area contributed by atoms with Crippen molar-refractivity contribution in [3.63, 3.8) is 0 Å². The lowest BCUT2D eigenvalue weighted by molar-refractivity contribution is 0.101. The van der Waals surface area contributed by atoms with Gasteiger partial charge in [-0.2, -0.15) is 0 Å². The van der Waals surface area contributed by atoms with E-state index in [2.05, 4.69) is 34.1 Å². The van der Waals surface area contributed by atoms with Crippen LogP contribution in [-0.4, -0.2) is 31.0 Å². The van der Waals surface area contributed by atoms with Gasteiger partial charge in [0, 0.05) is 36.1 Å². The Morgan fingerprint density at radius 1 is 0.931 bits per heavy atom. The van der Waals surface area contributed by atoms with Crippen LogP contribution in [0.5, 0.6) is 5.75 Å². The summed E-state index contributed by atoms with van der Waals surface area (Å²) in [5, 5.41) is 0. The predicted molar refractivity (Wildman–Crippen MR) is 116 cm³/mol. The van der Waals surface area contributed by atoms with E-state index in [-0.39, 0.29) is 5.78 Å². The van der Waals surface area contributed by atoms with Crippen LogP contribution >= 0.6 is 0 Å². The Morgan fingerprint density at radius 2 is 1.66 bits per heavy atom. The molecule has 29 heavy (non-hydrogen) atoms. The van der Waals surface area contributed by atoms with Crippen LogP contribution in [0.1, 0.15) is 15.9 Å². The van der Waals surface area contributed by atoms with Gasteiger partial charge >= 0.3 is 0 Å². The van der Waals surface area contributed by atoms with E-state index < -0.39 is 0 Å². The molecule has 4 nitrogen and oxygen atoms in total. The number of rotatable bonds is 6. The molecule has 4 heteroatoms. The summed E-state index contributed by atoms with van der Waals surface area (Å²) in [4.78, 5) is 17.7. The monoisotopic (exact) mass is 384 g/mol. The van der Waals surface area contributed by atoms with Gasteiger partial charge in [0.15, 0.2) is 5.78 Å². The zero-order valence-corrected chi connectivity index (χ0v) is 16.5. The summed E-state index contributed by atoms with van der Waals surface area (Å²) in [6.07, 6.45) is 1.98. The van der Waals surface area contributed by atoms with E-state index >= 15 is 0 Å². The molecule has 0 aliphatic carbocycles. The van der Waals surface area contributed by atoms with E-state index in [1.165, 1.54) is 5.56 Å². The van der Waals surface area contributed by atoms with E-state index in [0.717, 1.165) is 24.5 Å². The molecule has 0 amide bonds. The minimum Gasteiger partial charge on any atom is -0.497 e. The predicted octanol–water partition coefficient (Wildman–Crippen LogP) is 4.74. The zero-order chi connectivity index (χ0) is 20.1. The number of hydrogen-bond donors (Lipinski definition) is 0. The minimum atomic E-state index is 0.0302. The number of benzene rings is 3. The number of ketones is 1. The van der Waals surface area contributed by atoms with Crippen molar-refractivity contribution in [1.29, 1.82) is 0 Å². The summed E-state index contributed by atoms with van der Waals surface area (Å²) in [5.74, 6) is 0.718. The Labute approximate surface area is 171 Å². The number of carbonyl (C=O) groups is 1. The molecule has 0 atom stereocenters. The number of hydrogen-bond acceptors (Lipinski definition) is 4. The second kappa shape index (κ2) is 8.76. The highest BCUT2D eigenvalue weighted by atomic mass is 16.5. The molecule has 3 aromatic carbocycles. The largest absolute Gasteiger partial charge is 0.497 e. The van der Waals surface area contributed by atoms with Crippen molar-refractivity contribution in [3.8, 4) is 5.75 Å². The summed E-state index contributed by atoms with van der Waals surface area (Å²) in [7, 11) is 1.61. The molecule has 0 saturated heterocycles. The second-order valence-corrected chi connectivity index (χ2v) is 7.13. The number of Topliss-reactive ketones (excluding diaryl/α,β-unsaturated/α-hetero) is 1. The average Bonchev–Trinajstić information content (AvgIpc) is 2.79. The number of carbonyl (C=O) groups excluding carboxylic acids is 1. The van der Waals surface area contributed by atoms with Gasteiger partial charge in [0.2, 0.25) is 0 Å². The maximum absolute atomic E-state index is 13.3. The van der Waals surface area contributed by atoms with Crippen LogP contribution in [0.25, 0.3) is 0 Å². The van der Waals surface area contributed by atoms with Crippen LogP contribution in [0.3, 0.4) is 0 Å². The Balaban J connectivity index is 1.64. The first-order chi connectivity index (χ1) is 14.2. The summed E-state index contributed by atoms with van der Waals surface area (Å²) in [5.41, 5.74) is 3.71. The Hall–Kier alpha value is -3.37. The van der Waals surface area contributed by atoms with Crippen molar-refractivity contribution in [3.05, 3.63) is 108 Å². The average molecular weight is 384 g/mol. The van der Waals surface area contributed by atoms with Gasteiger partial charge in [-0.3, -0.25) is 9.69 Å². The van der Waals surface area contributed by atoms with Crippen molar-refractivity contribution in [2.45, 2.75) is 6.54 Å². The van der Waals surface area contributed by atoms with Gasteiger partial charge < -0.3 is 9.64 Å². The third kappa shape index (κ3) is 4.55. The van der Waals surface area contributed by atoms with Gasteiger partial charge in [0.25, 0.3) is 0 Å². The Bertz CT molecular complexity index is 1000. The van der Waals surface area contributed by atoms with Crippen molar-refractivity contribution in [2.75, 3.05) is 25.2 Å². The van der Waals surface area contributed by atoms with Gasteiger partial charge in [0.05, 0.1) is 13.8 Å². The summed E-state index contributed by atoms with van der Waals surface area (Å²) >= 11 is 0. The highest BCUT2D eigenvalue weighted by molar-refractivity contribution is 6.09. The lowest BCUT2D eigenvalue weighted by Gasteiger charge is -2.35. The van der Waals surface area contributed by atoms with Crippen LogP contribution in [-0.2, 0) is 6.54 Å². The maximum atomic E-state index is 13.3. The normalized spacial score (nSPS) is 14.4. The SMILES string of the molecule is COc1cccc(C(=O)C2=CN(c3ccccc3)CN(Cc3ccccc3)C2)c1. The van der Waals surface area contributed by atoms with E-state index in [4.69, 9.17) is 4.74 Å². The topological polar surface area (TPSA) is 32.8 Å². The van der Waals surface area contributed by atoms with E-state index in [9.17, 15) is 4.79 Å². The number of ether oxygens (including phenoxy) is 1. The lowest BCUT2D eigenvalue weighted by Crippen LogP contribution is -2.41. The fraction of sp³-hybridized carbons (Fsp3) is 0.160. The molecule has 1 aliphatic rings. The van der Waals surface area contributed by atoms with Gasteiger partial charge in [-0.15, -0.1) is 0 Å². The van der Waals surface area contributed by atoms with Crippen LogP contribution in [0.15, 0.2) is 96.7 Å². The molecule has 1 aliphatic heterocycles. The summed E-state index contributed by atoms with van der Waals surface area (Å²) in [6.45, 7) is 2.12. The molecule has 3 aromatic rings. The lowest BCUT2D eigenvalue weighted by atomic mass is 10.0. The molecule has 0 bridgehead atoms. The molecular weight excluding hydrogens is 360 g/mol. The molecule has 0 radical (unpaired) electrons. The first-order valence-corrected chi connectivity index (χ1v) is 9.70. The van der Waals surface area contributed by atoms with Crippen LogP contribution in [0.2, 0.25) is 0 Å². The molecule has 146 valence electrons. The van der Waals surface area contributed by atoms with E-state index in [1.54, 1.807) is 13.2 Å². The smallest absolute Gasteiger partial charge is 0.191 e. The van der Waals surface area contributed by atoms with Crippen LogP contribution < -0.4 is 9.64 Å². The Kier molecular flexibility index (Phi) is 5.73. The van der Waals surface area contributed by atoms with Gasteiger partial charge in [-0.1, -0.05) is 60.7 Å². The zero-order valence-electron chi connectivity index (χ0n) is 16.5. The Morgan fingerprint density at radius 3 is 2.38 bits per heavy atom. The molecule has 4 rings (SSSR count). The summed E-state index contributed by atoms with van der Waals surface area (Å²) in [6, 6.07) is 27.9. The minimum absolute atomic E-state index is 0.0302. The molecule has 0 saturated carbocycles. The fourth-order valence-corrected chi connectivity index (χ4v) is 3.58. The van der Waals surface area contributed by atoms with E-state index in [0.29, 0.717) is 17.9 Å². The van der Waals surface area contributed by atoms with Gasteiger partial charge in [-0.05, 0) is 29.8 Å². The third-order valence-electron chi connectivity index (χ3n) is 5.02. The van der Waals surface area contributed by atoms with Crippen LogP contribution in [0.4, 0.5) is 5.69 Å². The van der Waals surface area contributed by atoms with Crippen molar-refractivity contribution in [2.24, 2.45) is 0 Å². The molecular formula is C25H24N2O2. The number of anilines is 1. The molecule has 0 unspecified atom stereocenters. The second-order valence-electron chi connectivity index (χ2n) is 7.13. The van der Waals surface area contributed by atoms with Crippen molar-refractivity contribution < 1.29 is 9.53 Å². The van der Waals surface area contributed by atoms with E-state index in [1.807, 2.05) is 60.8 Å². The first-order valence-electron chi connectivity index (χ1n) is 9.70. The maximum Gasteiger partial charge on any atom is 0.191 e. The first kappa shape index (κ1) is 19.0. The number of methoxy groups -OCH3 is 1. The standard InChI is InChI=1S/C25H24N2O2/c1-29-24-14-8-11-21(15-24)25(28)22-17-26(16-20-9-4-2-5-10-20)19-27(18-22)23-12-6-3-7-13-23/h2-15,18H,16-17,19H2,1H3. The van der Waals surface area contributed by atoms with Gasteiger partial charge in [0.1, 0.15) is 5.75 Å². The molecule has 0 fully saturated rings. The van der Waals surface area contributed by atoms with Crippen molar-refractivity contribution in [1.82, 2.24) is 4.90 Å². The highest BCUT2D eigenvalue weighted by Gasteiger charge is 2.24. The molecule has 1 heterocycles.